The van der Waals surface area contributed by atoms with E-state index < -0.39 is 6.10 Å². The summed E-state index contributed by atoms with van der Waals surface area (Å²) in [4.78, 5) is 8.18. The van der Waals surface area contributed by atoms with Gasteiger partial charge in [0.15, 0.2) is 0 Å². The molecule has 14 heavy (non-hydrogen) atoms. The fourth-order valence-corrected chi connectivity index (χ4v) is 1.36. The van der Waals surface area contributed by atoms with Crippen LogP contribution in [0.25, 0.3) is 5.78 Å². The van der Waals surface area contributed by atoms with E-state index in [1.807, 2.05) is 13.1 Å². The van der Waals surface area contributed by atoms with Crippen LogP contribution in [0.4, 0.5) is 0 Å². The number of aliphatic hydroxyl groups excluding tert-OH is 1. The minimum absolute atomic E-state index is 0.182. The summed E-state index contributed by atoms with van der Waals surface area (Å²) in [6.07, 6.45) is 4.53. The SMILES string of the molecule is Cc1cnc2ncc(C(O)CN)n2c1. The Hall–Kier alpha value is -1.46. The molecule has 0 aromatic carbocycles. The van der Waals surface area contributed by atoms with E-state index in [-0.39, 0.29) is 6.54 Å². The molecule has 2 heterocycles. The summed E-state index contributed by atoms with van der Waals surface area (Å²) in [5.74, 6) is 0.582. The van der Waals surface area contributed by atoms with Gasteiger partial charge in [-0.2, -0.15) is 0 Å². The number of rotatable bonds is 2. The van der Waals surface area contributed by atoms with Gasteiger partial charge in [0.2, 0.25) is 5.78 Å². The van der Waals surface area contributed by atoms with Gasteiger partial charge in [0.1, 0.15) is 6.10 Å². The maximum absolute atomic E-state index is 9.59. The first-order valence-electron chi connectivity index (χ1n) is 4.40. The van der Waals surface area contributed by atoms with Gasteiger partial charge in [-0.1, -0.05) is 0 Å². The molecule has 1 atom stereocenters. The first-order valence-corrected chi connectivity index (χ1v) is 4.40. The topological polar surface area (TPSA) is 76.4 Å². The molecular weight excluding hydrogens is 180 g/mol. The van der Waals surface area contributed by atoms with Crippen molar-refractivity contribution in [1.29, 1.82) is 0 Å². The molecule has 3 N–H and O–H groups in total. The van der Waals surface area contributed by atoms with Crippen molar-refractivity contribution in [1.82, 2.24) is 14.4 Å². The van der Waals surface area contributed by atoms with Crippen molar-refractivity contribution >= 4 is 5.78 Å². The average molecular weight is 192 g/mol. The Morgan fingerprint density at radius 1 is 1.50 bits per heavy atom. The van der Waals surface area contributed by atoms with Gasteiger partial charge in [0.05, 0.1) is 11.9 Å². The number of nitrogens with two attached hydrogens (primary N) is 1. The van der Waals surface area contributed by atoms with Gasteiger partial charge in [-0.15, -0.1) is 0 Å². The Morgan fingerprint density at radius 2 is 2.21 bits per heavy atom. The normalized spacial score (nSPS) is 13.4. The predicted molar refractivity (Wildman–Crippen MR) is 51.7 cm³/mol. The largest absolute Gasteiger partial charge is 0.385 e. The van der Waals surface area contributed by atoms with Crippen LogP contribution in [0.5, 0.6) is 0 Å². The van der Waals surface area contributed by atoms with Gasteiger partial charge in [0, 0.05) is 18.9 Å². The molecule has 0 bridgehead atoms. The maximum Gasteiger partial charge on any atom is 0.233 e. The fraction of sp³-hybridized carbons (Fsp3) is 0.333. The summed E-state index contributed by atoms with van der Waals surface area (Å²) < 4.78 is 1.76. The third-order valence-electron chi connectivity index (χ3n) is 2.09. The van der Waals surface area contributed by atoms with Crippen LogP contribution in [-0.2, 0) is 0 Å². The standard InChI is InChI=1S/C9H12N4O/c1-6-3-11-9-12-4-7(8(14)2-10)13(9)5-6/h3-5,8,14H,2,10H2,1H3. The van der Waals surface area contributed by atoms with Gasteiger partial charge >= 0.3 is 0 Å². The maximum atomic E-state index is 9.59. The van der Waals surface area contributed by atoms with Crippen LogP contribution in [-0.4, -0.2) is 26.0 Å². The second-order valence-corrected chi connectivity index (χ2v) is 3.24. The van der Waals surface area contributed by atoms with Crippen LogP contribution in [0, 0.1) is 6.92 Å². The molecule has 0 amide bonds. The van der Waals surface area contributed by atoms with E-state index in [0.717, 1.165) is 5.56 Å². The molecule has 74 valence electrons. The van der Waals surface area contributed by atoms with E-state index in [4.69, 9.17) is 5.73 Å². The highest BCUT2D eigenvalue weighted by atomic mass is 16.3. The van der Waals surface area contributed by atoms with Crippen molar-refractivity contribution in [3.63, 3.8) is 0 Å². The highest BCUT2D eigenvalue weighted by molar-refractivity contribution is 5.32. The van der Waals surface area contributed by atoms with Crippen LogP contribution in [0.15, 0.2) is 18.6 Å². The van der Waals surface area contributed by atoms with Gasteiger partial charge < -0.3 is 10.8 Å². The van der Waals surface area contributed by atoms with Crippen LogP contribution in [0.1, 0.15) is 17.4 Å². The van der Waals surface area contributed by atoms with E-state index in [0.29, 0.717) is 11.5 Å². The number of imidazole rings is 1. The zero-order valence-corrected chi connectivity index (χ0v) is 7.88. The third kappa shape index (κ3) is 1.36. The Bertz CT molecular complexity index is 451. The number of fused-ring (bicyclic) bond motifs is 1. The molecule has 0 fully saturated rings. The molecule has 0 spiro atoms. The number of aryl methyl sites for hydroxylation is 1. The first kappa shape index (κ1) is 9.11. The zero-order valence-electron chi connectivity index (χ0n) is 7.88. The van der Waals surface area contributed by atoms with Crippen molar-refractivity contribution in [2.45, 2.75) is 13.0 Å². The number of hydrogen-bond donors (Lipinski definition) is 2. The lowest BCUT2D eigenvalue weighted by molar-refractivity contribution is 0.181. The molecule has 2 aromatic rings. The monoisotopic (exact) mass is 192 g/mol. The van der Waals surface area contributed by atoms with Gasteiger partial charge in [0.25, 0.3) is 0 Å². The van der Waals surface area contributed by atoms with Crippen molar-refractivity contribution < 1.29 is 5.11 Å². The van der Waals surface area contributed by atoms with Gasteiger partial charge in [-0.05, 0) is 12.5 Å². The predicted octanol–water partition coefficient (Wildman–Crippen LogP) is 0.0298. The highest BCUT2D eigenvalue weighted by Gasteiger charge is 2.11. The highest BCUT2D eigenvalue weighted by Crippen LogP contribution is 2.13. The van der Waals surface area contributed by atoms with Crippen molar-refractivity contribution in [2.24, 2.45) is 5.73 Å². The lowest BCUT2D eigenvalue weighted by Crippen LogP contribution is -2.13. The van der Waals surface area contributed by atoms with Gasteiger partial charge in [-0.3, -0.25) is 4.40 Å². The molecule has 0 radical (unpaired) electrons. The van der Waals surface area contributed by atoms with Gasteiger partial charge in [-0.25, -0.2) is 9.97 Å². The lowest BCUT2D eigenvalue weighted by atomic mass is 10.3. The Balaban J connectivity index is 2.61. The van der Waals surface area contributed by atoms with Crippen molar-refractivity contribution in [3.8, 4) is 0 Å². The second kappa shape index (κ2) is 3.36. The number of hydrogen-bond acceptors (Lipinski definition) is 4. The molecule has 0 aliphatic heterocycles. The second-order valence-electron chi connectivity index (χ2n) is 3.24. The molecule has 2 aromatic heterocycles. The Kier molecular flexibility index (Phi) is 2.18. The molecule has 0 aliphatic carbocycles. The first-order chi connectivity index (χ1) is 6.72. The molecule has 5 nitrogen and oxygen atoms in total. The van der Waals surface area contributed by atoms with Crippen molar-refractivity contribution in [3.05, 3.63) is 29.8 Å². The van der Waals surface area contributed by atoms with E-state index in [2.05, 4.69) is 9.97 Å². The number of aliphatic hydroxyl groups is 1. The molecule has 1 unspecified atom stereocenters. The molecule has 0 saturated carbocycles. The van der Waals surface area contributed by atoms with Crippen molar-refractivity contribution in [2.75, 3.05) is 6.54 Å². The summed E-state index contributed by atoms with van der Waals surface area (Å²) in [6.45, 7) is 2.12. The zero-order chi connectivity index (χ0) is 10.1. The van der Waals surface area contributed by atoms with E-state index in [9.17, 15) is 5.11 Å². The number of nitrogens with zero attached hydrogens (tertiary/aromatic N) is 3. The van der Waals surface area contributed by atoms with E-state index in [1.165, 1.54) is 0 Å². The molecular formula is C9H12N4O. The Labute approximate surface area is 81.2 Å². The minimum Gasteiger partial charge on any atom is -0.385 e. The average Bonchev–Trinajstić information content (AvgIpc) is 2.59. The smallest absolute Gasteiger partial charge is 0.233 e. The molecule has 0 saturated heterocycles. The van der Waals surface area contributed by atoms with Crippen LogP contribution < -0.4 is 5.73 Å². The lowest BCUT2D eigenvalue weighted by Gasteiger charge is -2.06. The van der Waals surface area contributed by atoms with E-state index >= 15 is 0 Å². The molecule has 2 rings (SSSR count). The molecule has 5 heteroatoms. The summed E-state index contributed by atoms with van der Waals surface area (Å²) in [6, 6.07) is 0. The van der Waals surface area contributed by atoms with Crippen LogP contribution >= 0.6 is 0 Å². The van der Waals surface area contributed by atoms with Crippen LogP contribution in [0.3, 0.4) is 0 Å². The quantitative estimate of drug-likeness (QED) is 0.703. The summed E-state index contributed by atoms with van der Waals surface area (Å²) in [5.41, 5.74) is 7.07. The summed E-state index contributed by atoms with van der Waals surface area (Å²) in [5, 5.41) is 9.59. The molecule has 0 aliphatic rings. The van der Waals surface area contributed by atoms with Crippen LogP contribution in [0.2, 0.25) is 0 Å². The summed E-state index contributed by atoms with van der Waals surface area (Å²) in [7, 11) is 0. The third-order valence-corrected chi connectivity index (χ3v) is 2.09. The summed E-state index contributed by atoms with van der Waals surface area (Å²) >= 11 is 0. The minimum atomic E-state index is -0.686. The van der Waals surface area contributed by atoms with E-state index in [1.54, 1.807) is 16.8 Å². The Morgan fingerprint density at radius 3 is 2.93 bits per heavy atom. The number of aromatic nitrogens is 3. The fourth-order valence-electron chi connectivity index (χ4n) is 1.36.